The number of nitrogen functional groups attached to an aromatic ring is 1. The molecule has 15 heavy (non-hydrogen) atoms. The van der Waals surface area contributed by atoms with Crippen molar-refractivity contribution in [3.8, 4) is 0 Å². The average Bonchev–Trinajstić information content (AvgIpc) is 2.15. The molecule has 0 atom stereocenters. The van der Waals surface area contributed by atoms with Gasteiger partial charge in [0, 0.05) is 5.56 Å². The van der Waals surface area contributed by atoms with Crippen molar-refractivity contribution in [2.45, 2.75) is 0 Å². The number of carboxylic acid groups (broad SMARTS) is 1. The van der Waals surface area contributed by atoms with Crippen molar-refractivity contribution in [1.29, 1.82) is 5.41 Å². The van der Waals surface area contributed by atoms with E-state index in [9.17, 15) is 9.18 Å². The molecular weight excluding hydrogens is 201 g/mol. The lowest BCUT2D eigenvalue weighted by atomic mass is 10.2. The topological polar surface area (TPSA) is 99.2 Å². The van der Waals surface area contributed by atoms with Crippen LogP contribution >= 0.6 is 0 Å². The summed E-state index contributed by atoms with van der Waals surface area (Å²) in [6.45, 7) is -0.365. The van der Waals surface area contributed by atoms with E-state index in [1.807, 2.05) is 0 Å². The standard InChI is InChI=1S/C9H10FN3O2/c10-6-3-5(9(11)12)1-2-7(6)13-4-8(14)15/h1-3,13H,4H2,(H3,11,12)(H,14,15). The van der Waals surface area contributed by atoms with Crippen molar-refractivity contribution < 1.29 is 14.3 Å². The molecule has 1 aromatic rings. The number of carboxylic acids is 1. The Labute approximate surface area is 85.2 Å². The number of anilines is 1. The van der Waals surface area contributed by atoms with E-state index in [4.69, 9.17) is 16.2 Å². The Morgan fingerprint density at radius 3 is 2.73 bits per heavy atom. The first-order valence-electron chi connectivity index (χ1n) is 4.10. The molecule has 0 unspecified atom stereocenters. The molecule has 1 rings (SSSR count). The van der Waals surface area contributed by atoms with Gasteiger partial charge in [-0.25, -0.2) is 4.39 Å². The minimum Gasteiger partial charge on any atom is -0.480 e. The van der Waals surface area contributed by atoms with Crippen LogP contribution in [-0.4, -0.2) is 23.5 Å². The molecule has 0 bridgehead atoms. The molecule has 0 aromatic heterocycles. The largest absolute Gasteiger partial charge is 0.480 e. The second-order valence-electron chi connectivity index (χ2n) is 2.86. The van der Waals surface area contributed by atoms with Gasteiger partial charge < -0.3 is 16.2 Å². The van der Waals surface area contributed by atoms with Crippen LogP contribution in [0.3, 0.4) is 0 Å². The van der Waals surface area contributed by atoms with E-state index < -0.39 is 11.8 Å². The van der Waals surface area contributed by atoms with E-state index in [-0.39, 0.29) is 23.6 Å². The molecule has 80 valence electrons. The van der Waals surface area contributed by atoms with Gasteiger partial charge in [-0.05, 0) is 18.2 Å². The molecule has 0 spiro atoms. The first-order chi connectivity index (χ1) is 7.00. The van der Waals surface area contributed by atoms with E-state index in [1.54, 1.807) is 0 Å². The van der Waals surface area contributed by atoms with Gasteiger partial charge in [-0.3, -0.25) is 10.2 Å². The van der Waals surface area contributed by atoms with Gasteiger partial charge in [0.2, 0.25) is 0 Å². The Bertz CT molecular complexity index is 406. The summed E-state index contributed by atoms with van der Waals surface area (Å²) in [6.07, 6.45) is 0. The number of nitrogens with two attached hydrogens (primary N) is 1. The van der Waals surface area contributed by atoms with Gasteiger partial charge in [-0.15, -0.1) is 0 Å². The summed E-state index contributed by atoms with van der Waals surface area (Å²) in [4.78, 5) is 10.2. The summed E-state index contributed by atoms with van der Waals surface area (Å²) in [5, 5.41) is 17.8. The fourth-order valence-corrected chi connectivity index (χ4v) is 0.997. The minimum atomic E-state index is -1.08. The number of halogens is 1. The maximum absolute atomic E-state index is 13.3. The Balaban J connectivity index is 2.83. The fourth-order valence-electron chi connectivity index (χ4n) is 0.997. The predicted molar refractivity (Wildman–Crippen MR) is 53.5 cm³/mol. The van der Waals surface area contributed by atoms with Crippen molar-refractivity contribution in [2.75, 3.05) is 11.9 Å². The molecule has 0 amide bonds. The molecule has 0 saturated heterocycles. The first kappa shape index (κ1) is 11.0. The van der Waals surface area contributed by atoms with Crippen LogP contribution in [0.4, 0.5) is 10.1 Å². The normalized spacial score (nSPS) is 9.67. The van der Waals surface area contributed by atoms with Gasteiger partial charge in [0.1, 0.15) is 18.2 Å². The van der Waals surface area contributed by atoms with Crippen LogP contribution in [0, 0.1) is 11.2 Å². The highest BCUT2D eigenvalue weighted by Crippen LogP contribution is 2.14. The number of amidine groups is 1. The minimum absolute atomic E-state index is 0.0717. The van der Waals surface area contributed by atoms with E-state index in [0.29, 0.717) is 0 Å². The van der Waals surface area contributed by atoms with Gasteiger partial charge in [0.25, 0.3) is 0 Å². The van der Waals surface area contributed by atoms with Crippen molar-refractivity contribution >= 4 is 17.5 Å². The molecule has 0 fully saturated rings. The lowest BCUT2D eigenvalue weighted by molar-refractivity contribution is -0.134. The SMILES string of the molecule is N=C(N)c1ccc(NCC(=O)O)c(F)c1. The van der Waals surface area contributed by atoms with Gasteiger partial charge in [-0.1, -0.05) is 0 Å². The van der Waals surface area contributed by atoms with E-state index in [2.05, 4.69) is 5.32 Å². The summed E-state index contributed by atoms with van der Waals surface area (Å²) in [5.41, 5.74) is 5.49. The van der Waals surface area contributed by atoms with Gasteiger partial charge in [0.15, 0.2) is 0 Å². The highest BCUT2D eigenvalue weighted by atomic mass is 19.1. The second kappa shape index (κ2) is 4.41. The zero-order valence-corrected chi connectivity index (χ0v) is 7.75. The van der Waals surface area contributed by atoms with E-state index in [1.165, 1.54) is 12.1 Å². The van der Waals surface area contributed by atoms with Crippen LogP contribution in [0.25, 0.3) is 0 Å². The molecule has 0 heterocycles. The molecule has 0 aliphatic heterocycles. The monoisotopic (exact) mass is 211 g/mol. The van der Waals surface area contributed by atoms with Gasteiger partial charge >= 0.3 is 5.97 Å². The first-order valence-corrected chi connectivity index (χ1v) is 4.10. The summed E-state index contributed by atoms with van der Waals surface area (Å²) in [6, 6.07) is 3.86. The number of aliphatic carboxylic acids is 1. The summed E-state index contributed by atoms with van der Waals surface area (Å²) in [5.74, 6) is -1.95. The lowest BCUT2D eigenvalue weighted by Gasteiger charge is -2.06. The number of hydrogen-bond donors (Lipinski definition) is 4. The number of benzene rings is 1. The Morgan fingerprint density at radius 1 is 1.60 bits per heavy atom. The summed E-state index contributed by atoms with van der Waals surface area (Å²) in [7, 11) is 0. The predicted octanol–water partition coefficient (Wildman–Crippen LogP) is 0.606. The third-order valence-corrected chi connectivity index (χ3v) is 1.71. The number of carbonyl (C=O) groups is 1. The number of nitrogens with one attached hydrogen (secondary N) is 2. The van der Waals surface area contributed by atoms with Crippen molar-refractivity contribution in [3.63, 3.8) is 0 Å². The smallest absolute Gasteiger partial charge is 0.322 e. The van der Waals surface area contributed by atoms with Crippen LogP contribution in [-0.2, 0) is 4.79 Å². The van der Waals surface area contributed by atoms with Crippen LogP contribution in [0.1, 0.15) is 5.56 Å². The summed E-state index contributed by atoms with van der Waals surface area (Å²) < 4.78 is 13.3. The highest BCUT2D eigenvalue weighted by molar-refractivity contribution is 5.95. The summed E-state index contributed by atoms with van der Waals surface area (Å²) >= 11 is 0. The Morgan fingerprint density at radius 2 is 2.27 bits per heavy atom. The molecule has 5 nitrogen and oxygen atoms in total. The molecular formula is C9H10FN3O2. The molecule has 0 aliphatic rings. The third-order valence-electron chi connectivity index (χ3n) is 1.71. The van der Waals surface area contributed by atoms with Crippen LogP contribution in [0.2, 0.25) is 0 Å². The van der Waals surface area contributed by atoms with Crippen LogP contribution in [0.5, 0.6) is 0 Å². The Kier molecular flexibility index (Phi) is 3.22. The van der Waals surface area contributed by atoms with Gasteiger partial charge in [0.05, 0.1) is 5.69 Å². The third kappa shape index (κ3) is 2.94. The van der Waals surface area contributed by atoms with Crippen molar-refractivity contribution in [3.05, 3.63) is 29.6 Å². The zero-order chi connectivity index (χ0) is 11.4. The Hall–Kier alpha value is -2.11. The maximum Gasteiger partial charge on any atom is 0.322 e. The highest BCUT2D eigenvalue weighted by Gasteiger charge is 2.05. The van der Waals surface area contributed by atoms with Crippen LogP contribution in [0.15, 0.2) is 18.2 Å². The fraction of sp³-hybridized carbons (Fsp3) is 0.111. The zero-order valence-electron chi connectivity index (χ0n) is 7.75. The second-order valence-corrected chi connectivity index (χ2v) is 2.86. The quantitative estimate of drug-likeness (QED) is 0.433. The van der Waals surface area contributed by atoms with Crippen molar-refractivity contribution in [1.82, 2.24) is 0 Å². The average molecular weight is 211 g/mol. The van der Waals surface area contributed by atoms with Crippen molar-refractivity contribution in [2.24, 2.45) is 5.73 Å². The van der Waals surface area contributed by atoms with E-state index in [0.717, 1.165) is 6.07 Å². The molecule has 6 heteroatoms. The number of rotatable bonds is 4. The molecule has 5 N–H and O–H groups in total. The molecule has 0 radical (unpaired) electrons. The van der Waals surface area contributed by atoms with E-state index >= 15 is 0 Å². The molecule has 0 saturated carbocycles. The molecule has 0 aliphatic carbocycles. The van der Waals surface area contributed by atoms with Gasteiger partial charge in [-0.2, -0.15) is 0 Å². The lowest BCUT2D eigenvalue weighted by Crippen LogP contribution is -2.15. The van der Waals surface area contributed by atoms with Crippen LogP contribution < -0.4 is 11.1 Å². The number of hydrogen-bond acceptors (Lipinski definition) is 3. The molecule has 1 aromatic carbocycles. The maximum atomic E-state index is 13.3.